The van der Waals surface area contributed by atoms with E-state index in [1.165, 1.54) is 11.8 Å². The van der Waals surface area contributed by atoms with Gasteiger partial charge in [-0.05, 0) is 53.7 Å². The van der Waals surface area contributed by atoms with E-state index in [0.717, 1.165) is 38.5 Å². The monoisotopic (exact) mass is 668 g/mol. The third-order valence-corrected chi connectivity index (χ3v) is 8.97. The van der Waals surface area contributed by atoms with Crippen molar-refractivity contribution in [2.75, 3.05) is 12.0 Å². The molecule has 5 aromatic rings. The summed E-state index contributed by atoms with van der Waals surface area (Å²) in [6, 6.07) is 20.2. The number of thioether (sulfide) groups is 1. The summed E-state index contributed by atoms with van der Waals surface area (Å²) >= 11 is 1.47. The number of aromatic amines is 2. The van der Waals surface area contributed by atoms with Crippen LogP contribution in [0.1, 0.15) is 23.1 Å². The number of H-pyrrole nitrogens is 2. The van der Waals surface area contributed by atoms with Gasteiger partial charge >= 0.3 is 5.97 Å². The molecule has 2 aromatic heterocycles. The minimum atomic E-state index is -1.16. The largest absolute Gasteiger partial charge is 0.480 e. The van der Waals surface area contributed by atoms with Gasteiger partial charge in [-0.1, -0.05) is 66.7 Å². The van der Waals surface area contributed by atoms with Crippen LogP contribution in [0.2, 0.25) is 0 Å². The minimum Gasteiger partial charge on any atom is -0.480 e. The second-order valence-electron chi connectivity index (χ2n) is 11.7. The molecular weight excluding hydrogens is 629 g/mol. The lowest BCUT2D eigenvalue weighted by atomic mass is 10.0. The number of nitrogens with two attached hydrogens (primary N) is 1. The van der Waals surface area contributed by atoms with Crippen molar-refractivity contribution >= 4 is 57.3 Å². The summed E-state index contributed by atoms with van der Waals surface area (Å²) in [7, 11) is 0. The average Bonchev–Trinajstić information content (AvgIpc) is 3.70. The molecular formula is C36H40N6O5S. The Kier molecular flexibility index (Phi) is 11.5. The highest BCUT2D eigenvalue weighted by Gasteiger charge is 2.31. The fraction of sp³-hybridized carbons (Fsp3) is 0.278. The highest BCUT2D eigenvalue weighted by molar-refractivity contribution is 7.98. The van der Waals surface area contributed by atoms with Crippen LogP contribution in [0.4, 0.5) is 0 Å². The first kappa shape index (κ1) is 34.3. The minimum absolute atomic E-state index is 0.112. The second-order valence-corrected chi connectivity index (χ2v) is 12.7. The van der Waals surface area contributed by atoms with Crippen LogP contribution < -0.4 is 21.7 Å². The zero-order chi connectivity index (χ0) is 34.0. The fourth-order valence-electron chi connectivity index (χ4n) is 5.74. The van der Waals surface area contributed by atoms with E-state index in [2.05, 4.69) is 25.9 Å². The van der Waals surface area contributed by atoms with E-state index in [4.69, 9.17) is 5.73 Å². The quantitative estimate of drug-likeness (QED) is 0.0842. The van der Waals surface area contributed by atoms with Gasteiger partial charge in [0.2, 0.25) is 17.7 Å². The number of carbonyl (C=O) groups is 4. The maximum absolute atomic E-state index is 14.1. The van der Waals surface area contributed by atoms with Crippen LogP contribution in [0.3, 0.4) is 0 Å². The molecule has 0 aliphatic heterocycles. The van der Waals surface area contributed by atoms with Gasteiger partial charge in [0.1, 0.15) is 18.1 Å². The van der Waals surface area contributed by atoms with Gasteiger partial charge in [0.15, 0.2) is 0 Å². The number of para-hydroxylation sites is 2. The second kappa shape index (κ2) is 16.2. The van der Waals surface area contributed by atoms with Gasteiger partial charge < -0.3 is 36.8 Å². The van der Waals surface area contributed by atoms with Crippen LogP contribution in [-0.2, 0) is 38.4 Å². The van der Waals surface area contributed by atoms with E-state index >= 15 is 0 Å². The van der Waals surface area contributed by atoms with Crippen molar-refractivity contribution < 1.29 is 24.3 Å². The van der Waals surface area contributed by atoms with Gasteiger partial charge in [0.05, 0.1) is 6.04 Å². The molecule has 2 heterocycles. The van der Waals surface area contributed by atoms with Crippen molar-refractivity contribution in [1.29, 1.82) is 0 Å². The van der Waals surface area contributed by atoms with Crippen LogP contribution in [0.5, 0.6) is 0 Å². The molecule has 5 rings (SSSR count). The predicted octanol–water partition coefficient (Wildman–Crippen LogP) is 3.30. The number of hydrogen-bond donors (Lipinski definition) is 7. The number of aliphatic carboxylic acids is 1. The van der Waals surface area contributed by atoms with Crippen molar-refractivity contribution in [3.05, 3.63) is 108 Å². The van der Waals surface area contributed by atoms with E-state index in [1.807, 2.05) is 91.3 Å². The van der Waals surface area contributed by atoms with Crippen LogP contribution in [0.25, 0.3) is 21.8 Å². The molecule has 0 aliphatic rings. The maximum Gasteiger partial charge on any atom is 0.326 e. The first-order valence-electron chi connectivity index (χ1n) is 15.8. The Morgan fingerprint density at radius 2 is 1.19 bits per heavy atom. The Hall–Kier alpha value is -5.07. The smallest absolute Gasteiger partial charge is 0.326 e. The molecule has 0 fully saturated rings. The molecule has 4 atom stereocenters. The molecule has 3 amide bonds. The Bertz CT molecular complexity index is 1870. The normalized spacial score (nSPS) is 13.8. The Labute approximate surface area is 282 Å². The van der Waals surface area contributed by atoms with Gasteiger partial charge in [-0.15, -0.1) is 0 Å². The molecule has 0 radical (unpaired) electrons. The summed E-state index contributed by atoms with van der Waals surface area (Å²) in [4.78, 5) is 59.5. The molecule has 11 nitrogen and oxygen atoms in total. The lowest BCUT2D eigenvalue weighted by Gasteiger charge is -2.25. The van der Waals surface area contributed by atoms with Gasteiger partial charge in [0, 0.05) is 47.0 Å². The lowest BCUT2D eigenvalue weighted by Crippen LogP contribution is -2.58. The molecule has 48 heavy (non-hydrogen) atoms. The number of hydrogen-bond acceptors (Lipinski definition) is 6. The Balaban J connectivity index is 1.38. The summed E-state index contributed by atoms with van der Waals surface area (Å²) in [5, 5.41) is 19.9. The highest BCUT2D eigenvalue weighted by Crippen LogP contribution is 2.21. The van der Waals surface area contributed by atoms with Crippen LogP contribution in [-0.4, -0.2) is 74.9 Å². The molecule has 0 bridgehead atoms. The van der Waals surface area contributed by atoms with Crippen LogP contribution in [0.15, 0.2) is 91.3 Å². The number of fused-ring (bicyclic) bond motifs is 2. The lowest BCUT2D eigenvalue weighted by molar-refractivity contribution is -0.142. The summed E-state index contributed by atoms with van der Waals surface area (Å²) in [6.07, 6.45) is 6.16. The summed E-state index contributed by atoms with van der Waals surface area (Å²) in [5.74, 6) is -2.37. The number of benzene rings is 3. The van der Waals surface area contributed by atoms with E-state index < -0.39 is 47.9 Å². The topological polar surface area (TPSA) is 182 Å². The van der Waals surface area contributed by atoms with Crippen molar-refractivity contribution in [3.63, 3.8) is 0 Å². The fourth-order valence-corrected chi connectivity index (χ4v) is 6.21. The maximum atomic E-state index is 14.1. The average molecular weight is 669 g/mol. The first-order valence-corrected chi connectivity index (χ1v) is 17.1. The van der Waals surface area contributed by atoms with E-state index in [1.54, 1.807) is 6.20 Å². The zero-order valence-corrected chi connectivity index (χ0v) is 27.4. The summed E-state index contributed by atoms with van der Waals surface area (Å²) < 4.78 is 0. The number of carboxylic acids is 1. The van der Waals surface area contributed by atoms with Crippen molar-refractivity contribution in [1.82, 2.24) is 25.9 Å². The summed E-state index contributed by atoms with van der Waals surface area (Å²) in [5.41, 5.74) is 10.6. The van der Waals surface area contributed by atoms with Gasteiger partial charge in [0.25, 0.3) is 0 Å². The number of carbonyl (C=O) groups excluding carboxylic acids is 3. The number of carboxylic acid groups (broad SMARTS) is 1. The molecule has 250 valence electrons. The molecule has 4 unspecified atom stereocenters. The molecule has 8 N–H and O–H groups in total. The van der Waals surface area contributed by atoms with Gasteiger partial charge in [-0.2, -0.15) is 11.8 Å². The molecule has 0 saturated carbocycles. The van der Waals surface area contributed by atoms with E-state index in [0.29, 0.717) is 5.75 Å². The molecule has 0 aliphatic carbocycles. The van der Waals surface area contributed by atoms with E-state index in [9.17, 15) is 24.3 Å². The van der Waals surface area contributed by atoms with Gasteiger partial charge in [-0.3, -0.25) is 14.4 Å². The first-order chi connectivity index (χ1) is 23.2. The van der Waals surface area contributed by atoms with Crippen molar-refractivity contribution in [2.45, 2.75) is 49.9 Å². The van der Waals surface area contributed by atoms with Crippen LogP contribution in [0, 0.1) is 0 Å². The third-order valence-electron chi connectivity index (χ3n) is 8.32. The highest BCUT2D eigenvalue weighted by atomic mass is 32.2. The van der Waals surface area contributed by atoms with Gasteiger partial charge in [-0.25, -0.2) is 4.79 Å². The number of amides is 3. The standard InChI is InChI=1S/C36H40N6O5S/c1-48-16-15-30(36(46)47)40-34(44)31(17-22-9-3-2-4-10-22)42-35(45)32(19-24-21-39-29-14-8-6-12-26(24)29)41-33(43)27(37)18-23-20-38-28-13-7-5-11-25(23)28/h2-14,20-21,27,30-32,38-39H,15-19,37H2,1H3,(H,40,44)(H,41,43)(H,42,45)(H,46,47). The third kappa shape index (κ3) is 8.64. The zero-order valence-electron chi connectivity index (χ0n) is 26.6. The predicted molar refractivity (Wildman–Crippen MR) is 189 cm³/mol. The number of rotatable bonds is 16. The molecule has 0 saturated heterocycles. The molecule has 0 spiro atoms. The molecule has 12 heteroatoms. The van der Waals surface area contributed by atoms with Crippen molar-refractivity contribution in [2.24, 2.45) is 5.73 Å². The Morgan fingerprint density at radius 1 is 0.688 bits per heavy atom. The van der Waals surface area contributed by atoms with E-state index in [-0.39, 0.29) is 25.7 Å². The molecule has 3 aromatic carbocycles. The van der Waals surface area contributed by atoms with Crippen molar-refractivity contribution in [3.8, 4) is 0 Å². The van der Waals surface area contributed by atoms with Crippen LogP contribution >= 0.6 is 11.8 Å². The number of aromatic nitrogens is 2. The number of nitrogens with one attached hydrogen (secondary N) is 5. The SMILES string of the molecule is CSCCC(NC(=O)C(Cc1ccccc1)NC(=O)C(Cc1c[nH]c2ccccc12)NC(=O)C(N)Cc1c[nH]c2ccccc12)C(=O)O. The Morgan fingerprint density at radius 3 is 1.77 bits per heavy atom. The summed E-state index contributed by atoms with van der Waals surface area (Å²) in [6.45, 7) is 0.